The average molecular weight is 415 g/mol. The molecule has 0 saturated carbocycles. The number of phenolic OH excluding ortho intramolecular Hbond substituents is 1. The maximum atomic E-state index is 12.1. The zero-order valence-electron chi connectivity index (χ0n) is 14.5. The molecule has 0 heterocycles. The molecule has 0 aliphatic rings. The van der Waals surface area contributed by atoms with Crippen LogP contribution >= 0.6 is 0 Å². The molecule has 1 amide bonds. The van der Waals surface area contributed by atoms with Gasteiger partial charge in [-0.2, -0.15) is 0 Å². The number of amides is 1. The highest BCUT2D eigenvalue weighted by molar-refractivity contribution is 7.91. The molecule has 0 radical (unpaired) electrons. The van der Waals surface area contributed by atoms with Gasteiger partial charge in [-0.3, -0.25) is 4.79 Å². The van der Waals surface area contributed by atoms with E-state index in [4.69, 9.17) is 0 Å². The van der Waals surface area contributed by atoms with Crippen molar-refractivity contribution in [3.8, 4) is 11.5 Å². The summed E-state index contributed by atoms with van der Waals surface area (Å²) >= 11 is 0. The van der Waals surface area contributed by atoms with Gasteiger partial charge in [0.15, 0.2) is 9.84 Å². The number of hydrogen-bond donors (Lipinski definition) is 2. The summed E-state index contributed by atoms with van der Waals surface area (Å²) in [6.45, 7) is 1.47. The molecule has 0 bridgehead atoms. The van der Waals surface area contributed by atoms with Crippen molar-refractivity contribution in [1.82, 2.24) is 0 Å². The minimum absolute atomic E-state index is 0.0488. The highest BCUT2D eigenvalue weighted by Gasteiger charge is 2.30. The van der Waals surface area contributed by atoms with Gasteiger partial charge in [-0.05, 0) is 42.0 Å². The van der Waals surface area contributed by atoms with Crippen LogP contribution in [0.2, 0.25) is 0 Å². The van der Waals surface area contributed by atoms with Crippen LogP contribution in [-0.4, -0.2) is 31.5 Å². The number of carbonyl (C=O) groups is 1. The number of nitrogens with one attached hydrogen (secondary N) is 1. The van der Waals surface area contributed by atoms with E-state index in [-0.39, 0.29) is 22.1 Å². The fraction of sp³-hybridized carbons (Fsp3) is 0.167. The maximum absolute atomic E-state index is 12.1. The van der Waals surface area contributed by atoms with Crippen LogP contribution in [0.4, 0.5) is 18.9 Å². The van der Waals surface area contributed by atoms with Crippen molar-refractivity contribution in [2.45, 2.75) is 18.2 Å². The van der Waals surface area contributed by atoms with Crippen LogP contribution in [0, 0.1) is 0 Å². The molecule has 10 heteroatoms. The lowest BCUT2D eigenvalue weighted by Gasteiger charge is -2.09. The number of rotatable bonds is 6. The Morgan fingerprint density at radius 3 is 2.39 bits per heavy atom. The van der Waals surface area contributed by atoms with Gasteiger partial charge in [0.25, 0.3) is 0 Å². The Morgan fingerprint density at radius 2 is 1.82 bits per heavy atom. The first-order chi connectivity index (χ1) is 13.0. The maximum Gasteiger partial charge on any atom is 0.573 e. The molecule has 6 nitrogen and oxygen atoms in total. The summed E-state index contributed by atoms with van der Waals surface area (Å²) in [5, 5.41) is 12.1. The van der Waals surface area contributed by atoms with Gasteiger partial charge in [0.1, 0.15) is 11.5 Å². The van der Waals surface area contributed by atoms with Crippen molar-refractivity contribution < 1.29 is 36.2 Å². The first-order valence-corrected chi connectivity index (χ1v) is 9.56. The summed E-state index contributed by atoms with van der Waals surface area (Å²) in [5.41, 5.74) is 0.342. The normalized spacial score (nSPS) is 12.1. The first-order valence-electron chi connectivity index (χ1n) is 7.91. The predicted octanol–water partition coefficient (Wildman–Crippen LogP) is 3.74. The lowest BCUT2D eigenvalue weighted by Crippen LogP contribution is -2.16. The molecular formula is C18H16F3NO5S. The third kappa shape index (κ3) is 6.02. The largest absolute Gasteiger partial charge is 0.573 e. The zero-order valence-corrected chi connectivity index (χ0v) is 15.3. The monoisotopic (exact) mass is 415 g/mol. The number of halogens is 3. The van der Waals surface area contributed by atoms with Gasteiger partial charge in [0.2, 0.25) is 5.91 Å². The Bertz CT molecular complexity index is 983. The summed E-state index contributed by atoms with van der Waals surface area (Å²) < 4.78 is 63.9. The summed E-state index contributed by atoms with van der Waals surface area (Å²) in [4.78, 5) is 11.9. The SMILES string of the molecule is CCS(=O)(=O)c1ccc(O)c(NC(=O)/C=C/c2ccc(OC(F)(F)F)cc2)c1. The fourth-order valence-corrected chi connectivity index (χ4v) is 3.01. The predicted molar refractivity (Wildman–Crippen MR) is 96.6 cm³/mol. The fourth-order valence-electron chi connectivity index (χ4n) is 2.10. The minimum atomic E-state index is -4.79. The molecule has 0 spiro atoms. The van der Waals surface area contributed by atoms with Gasteiger partial charge in [-0.15, -0.1) is 13.2 Å². The Kier molecular flexibility index (Phi) is 6.34. The molecule has 28 heavy (non-hydrogen) atoms. The summed E-state index contributed by atoms with van der Waals surface area (Å²) in [7, 11) is -3.52. The van der Waals surface area contributed by atoms with Gasteiger partial charge in [-0.1, -0.05) is 19.1 Å². The Morgan fingerprint density at radius 1 is 1.18 bits per heavy atom. The van der Waals surface area contributed by atoms with E-state index in [9.17, 15) is 31.5 Å². The van der Waals surface area contributed by atoms with E-state index in [1.807, 2.05) is 0 Å². The molecule has 0 unspecified atom stereocenters. The highest BCUT2D eigenvalue weighted by atomic mass is 32.2. The molecule has 0 aliphatic carbocycles. The number of hydrogen-bond acceptors (Lipinski definition) is 5. The second-order valence-corrected chi connectivity index (χ2v) is 7.80. The van der Waals surface area contributed by atoms with Crippen LogP contribution in [0.25, 0.3) is 6.08 Å². The topological polar surface area (TPSA) is 92.7 Å². The summed E-state index contributed by atoms with van der Waals surface area (Å²) in [5.74, 6) is -1.52. The third-order valence-corrected chi connectivity index (χ3v) is 5.24. The van der Waals surface area contributed by atoms with Crippen LogP contribution in [0.1, 0.15) is 12.5 Å². The van der Waals surface area contributed by atoms with E-state index in [0.29, 0.717) is 5.56 Å². The number of anilines is 1. The van der Waals surface area contributed by atoms with Crippen LogP contribution in [0.5, 0.6) is 11.5 Å². The van der Waals surface area contributed by atoms with Crippen molar-refractivity contribution in [2.75, 3.05) is 11.1 Å². The molecule has 2 rings (SSSR count). The van der Waals surface area contributed by atoms with E-state index in [1.54, 1.807) is 0 Å². The standard InChI is InChI=1S/C18H16F3NO5S/c1-2-28(25,26)14-8-9-16(23)15(11-14)22-17(24)10-5-12-3-6-13(7-4-12)27-18(19,20)21/h3-11,23H,2H2,1H3,(H,22,24)/b10-5+. The molecule has 0 aromatic heterocycles. The number of carbonyl (C=O) groups excluding carboxylic acids is 1. The Balaban J connectivity index is 2.09. The summed E-state index contributed by atoms with van der Waals surface area (Å²) in [6.07, 6.45) is -2.38. The molecule has 0 atom stereocenters. The average Bonchev–Trinajstić information content (AvgIpc) is 2.61. The van der Waals surface area contributed by atoms with E-state index in [2.05, 4.69) is 10.1 Å². The number of benzene rings is 2. The minimum Gasteiger partial charge on any atom is -0.506 e. The van der Waals surface area contributed by atoms with Crippen molar-refractivity contribution in [3.05, 3.63) is 54.1 Å². The quantitative estimate of drug-likeness (QED) is 0.554. The number of sulfone groups is 1. The van der Waals surface area contributed by atoms with Crippen molar-refractivity contribution in [2.24, 2.45) is 0 Å². The third-order valence-electron chi connectivity index (χ3n) is 3.51. The first kappa shape index (κ1) is 21.3. The Hall–Kier alpha value is -3.01. The van der Waals surface area contributed by atoms with Gasteiger partial charge >= 0.3 is 6.36 Å². The number of ether oxygens (including phenoxy) is 1. The van der Waals surface area contributed by atoms with Crippen LogP contribution in [0.15, 0.2) is 53.4 Å². The van der Waals surface area contributed by atoms with Crippen molar-refractivity contribution >= 4 is 27.5 Å². The molecule has 0 fully saturated rings. The number of phenols is 1. The Labute approximate surface area is 159 Å². The van der Waals surface area contributed by atoms with Gasteiger partial charge in [-0.25, -0.2) is 8.42 Å². The van der Waals surface area contributed by atoms with Gasteiger partial charge < -0.3 is 15.2 Å². The second-order valence-electron chi connectivity index (χ2n) is 5.52. The van der Waals surface area contributed by atoms with E-state index >= 15 is 0 Å². The van der Waals surface area contributed by atoms with Crippen LogP contribution in [0.3, 0.4) is 0 Å². The van der Waals surface area contributed by atoms with E-state index in [0.717, 1.165) is 30.3 Å². The molecule has 2 N–H and O–H groups in total. The second kappa shape index (κ2) is 8.34. The lowest BCUT2D eigenvalue weighted by molar-refractivity contribution is -0.274. The molecular weight excluding hydrogens is 399 g/mol. The van der Waals surface area contributed by atoms with Crippen molar-refractivity contribution in [3.63, 3.8) is 0 Å². The lowest BCUT2D eigenvalue weighted by atomic mass is 10.2. The molecule has 2 aromatic carbocycles. The van der Waals surface area contributed by atoms with Gasteiger partial charge in [0, 0.05) is 6.08 Å². The smallest absolute Gasteiger partial charge is 0.506 e. The molecule has 0 saturated heterocycles. The van der Waals surface area contributed by atoms with Crippen LogP contribution < -0.4 is 10.1 Å². The van der Waals surface area contributed by atoms with Crippen LogP contribution in [-0.2, 0) is 14.6 Å². The number of alkyl halides is 3. The zero-order chi connectivity index (χ0) is 20.9. The highest BCUT2D eigenvalue weighted by Crippen LogP contribution is 2.27. The molecule has 2 aromatic rings. The van der Waals surface area contributed by atoms with Gasteiger partial charge in [0.05, 0.1) is 16.3 Å². The van der Waals surface area contributed by atoms with E-state index in [1.165, 1.54) is 31.2 Å². The molecule has 150 valence electrons. The number of aromatic hydroxyl groups is 1. The summed E-state index contributed by atoms with van der Waals surface area (Å²) in [6, 6.07) is 8.34. The van der Waals surface area contributed by atoms with E-state index < -0.39 is 27.9 Å². The van der Waals surface area contributed by atoms with Crippen molar-refractivity contribution in [1.29, 1.82) is 0 Å². The molecule has 0 aliphatic heterocycles.